The number of allylic oxidation sites excluding steroid dienone is 6. The van der Waals surface area contributed by atoms with Crippen LogP contribution in [0, 0.1) is 80.1 Å². The van der Waals surface area contributed by atoms with Crippen LogP contribution in [-0.4, -0.2) is 105 Å². The Morgan fingerprint density at radius 3 is 1.12 bits per heavy atom. The lowest BCUT2D eigenvalue weighted by molar-refractivity contribution is -0.117. The number of hydrogen-bond donors (Lipinski definition) is 3. The van der Waals surface area contributed by atoms with Gasteiger partial charge in [0.15, 0.2) is 17.3 Å². The zero-order valence-electron chi connectivity index (χ0n) is 57.5. The van der Waals surface area contributed by atoms with Gasteiger partial charge < -0.3 is 34.9 Å². The average Bonchev–Trinajstić information content (AvgIpc) is 1.67. The van der Waals surface area contributed by atoms with Gasteiger partial charge in [0.25, 0.3) is 17.7 Å². The van der Waals surface area contributed by atoms with Crippen molar-refractivity contribution in [1.29, 1.82) is 0 Å². The number of aromatic nitrogens is 3. The van der Waals surface area contributed by atoms with Gasteiger partial charge in [0.2, 0.25) is 0 Å². The fraction of sp³-hybridized carbons (Fsp3) is 0.360. The van der Waals surface area contributed by atoms with E-state index >= 15 is 0 Å². The molecule has 19 nitrogen and oxygen atoms in total. The number of aryl methyl sites for hydroxylation is 9. The van der Waals surface area contributed by atoms with E-state index in [1.165, 1.54) is 0 Å². The van der Waals surface area contributed by atoms with E-state index in [2.05, 4.69) is 78.7 Å². The highest BCUT2D eigenvalue weighted by Crippen LogP contribution is 2.44. The number of ether oxygens (including phenoxy) is 4. The molecule has 522 valence electrons. The van der Waals surface area contributed by atoms with Gasteiger partial charge in [0.1, 0.15) is 34.4 Å². The van der Waals surface area contributed by atoms with Gasteiger partial charge in [-0.3, -0.25) is 28.8 Å². The molecule has 3 amide bonds. The van der Waals surface area contributed by atoms with Gasteiger partial charge in [0, 0.05) is 100 Å². The Kier molecular flexibility index (Phi) is 29.3. The van der Waals surface area contributed by atoms with Crippen LogP contribution in [-0.2, 0) is 33.3 Å². The molecule has 24 heteroatoms. The third-order valence-corrected chi connectivity index (χ3v) is 19.0. The van der Waals surface area contributed by atoms with Crippen molar-refractivity contribution in [2.24, 2.45) is 17.8 Å². The van der Waals surface area contributed by atoms with Crippen molar-refractivity contribution in [2.45, 2.75) is 122 Å². The van der Waals surface area contributed by atoms with Crippen LogP contribution in [0.4, 0.5) is 14.4 Å². The predicted octanol–water partition coefficient (Wildman–Crippen LogP) is 16.6. The van der Waals surface area contributed by atoms with E-state index in [1.54, 1.807) is 61.9 Å². The monoisotopic (exact) mass is 1570 g/mol. The van der Waals surface area contributed by atoms with Crippen molar-refractivity contribution in [1.82, 2.24) is 30.9 Å². The molecule has 3 unspecified atom stereocenters. The van der Waals surface area contributed by atoms with Crippen LogP contribution in [0.5, 0.6) is 0 Å². The van der Waals surface area contributed by atoms with Crippen molar-refractivity contribution in [2.75, 3.05) is 37.7 Å². The Hall–Kier alpha value is -7.90. The molecule has 3 aliphatic rings. The number of rotatable bonds is 21. The van der Waals surface area contributed by atoms with Crippen molar-refractivity contribution < 1.29 is 62.1 Å². The van der Waals surface area contributed by atoms with Crippen LogP contribution >= 0.6 is 71.3 Å². The number of nitrogens with zero attached hydrogens (tertiary/aromatic N) is 3. The van der Waals surface area contributed by atoms with Crippen molar-refractivity contribution in [3.8, 4) is 0 Å². The van der Waals surface area contributed by atoms with E-state index in [-0.39, 0.29) is 66.4 Å². The molecule has 3 heterocycles. The van der Waals surface area contributed by atoms with E-state index < -0.39 is 22.7 Å². The summed E-state index contributed by atoms with van der Waals surface area (Å²) in [5.41, 5.74) is 13.9. The first-order valence-electron chi connectivity index (χ1n) is 32.4. The molecular formula is C75H81Br3N6O13S2. The van der Waals surface area contributed by atoms with Crippen LogP contribution in [0.3, 0.4) is 0 Å². The van der Waals surface area contributed by atoms with Gasteiger partial charge in [-0.15, -0.1) is 0 Å². The summed E-state index contributed by atoms with van der Waals surface area (Å²) < 4.78 is 24.2. The molecule has 6 aromatic rings. The van der Waals surface area contributed by atoms with Gasteiger partial charge in [0.05, 0.1) is 23.3 Å². The summed E-state index contributed by atoms with van der Waals surface area (Å²) >= 11 is 12.0. The maximum Gasteiger partial charge on any atom is 0.513 e. The molecule has 3 aliphatic carbocycles. The zero-order chi connectivity index (χ0) is 72.4. The Bertz CT molecular complexity index is 3930. The lowest BCUT2D eigenvalue weighted by atomic mass is 9.90. The Balaban J connectivity index is 0.000000209. The van der Waals surface area contributed by atoms with Crippen molar-refractivity contribution in [3.63, 3.8) is 0 Å². The molecule has 0 radical (unpaired) electrons. The highest BCUT2D eigenvalue weighted by Gasteiger charge is 2.40. The first kappa shape index (κ1) is 78.4. The smallest absolute Gasteiger partial charge is 0.434 e. The molecule has 0 spiro atoms. The van der Waals surface area contributed by atoms with Gasteiger partial charge in [-0.2, -0.15) is 0 Å². The summed E-state index contributed by atoms with van der Waals surface area (Å²) in [6.45, 7) is 24.3. The molecule has 99 heavy (non-hydrogen) atoms. The number of halogens is 3. The van der Waals surface area contributed by atoms with Crippen LogP contribution in [0.2, 0.25) is 0 Å². The van der Waals surface area contributed by atoms with Gasteiger partial charge in [-0.1, -0.05) is 66.9 Å². The number of hydrogen-bond acceptors (Lipinski definition) is 18. The Labute approximate surface area is 611 Å². The third-order valence-electron chi connectivity index (χ3n) is 16.4. The molecule has 0 bridgehead atoms. The number of carbonyl (C=O) groups is 9. The first-order valence-corrected chi connectivity index (χ1v) is 36.8. The minimum absolute atomic E-state index is 0.0414. The van der Waals surface area contributed by atoms with Crippen LogP contribution < -0.4 is 16.0 Å². The van der Waals surface area contributed by atoms with E-state index in [0.717, 1.165) is 104 Å². The van der Waals surface area contributed by atoms with Gasteiger partial charge in [-0.25, -0.2) is 29.3 Å². The molecule has 3 atom stereocenters. The summed E-state index contributed by atoms with van der Waals surface area (Å²) in [6, 6.07) is 22.2. The number of thioether (sulfide) groups is 2. The molecule has 0 saturated heterocycles. The summed E-state index contributed by atoms with van der Waals surface area (Å²) in [5.74, 6) is 0.182. The molecule has 3 N–H and O–H groups in total. The maximum absolute atomic E-state index is 13.4. The van der Waals surface area contributed by atoms with E-state index in [0.29, 0.717) is 108 Å². The Morgan fingerprint density at radius 1 is 0.455 bits per heavy atom. The highest BCUT2D eigenvalue weighted by atomic mass is 79.9. The van der Waals surface area contributed by atoms with Crippen molar-refractivity contribution >= 4 is 140 Å². The second-order valence-electron chi connectivity index (χ2n) is 24.1. The van der Waals surface area contributed by atoms with Crippen LogP contribution in [0.25, 0.3) is 16.7 Å². The number of nitrogens with one attached hydrogen (secondary N) is 3. The summed E-state index contributed by atoms with van der Waals surface area (Å²) in [4.78, 5) is 126. The molecule has 9 rings (SSSR count). The molecule has 0 aliphatic heterocycles. The fourth-order valence-corrected chi connectivity index (χ4v) is 13.9. The van der Waals surface area contributed by atoms with Crippen molar-refractivity contribution in [3.05, 3.63) is 206 Å². The minimum Gasteiger partial charge on any atom is -0.434 e. The normalized spacial score (nSPS) is 15.6. The summed E-state index contributed by atoms with van der Waals surface area (Å²) in [5, 5.41) is 7.65. The second-order valence-corrected chi connectivity index (χ2v) is 29.2. The number of carbonyl (C=O) groups excluding carboxylic acids is 9. The quantitative estimate of drug-likeness (QED) is 0.0446. The lowest BCUT2D eigenvalue weighted by Crippen LogP contribution is -2.27. The number of ketones is 3. The molecule has 3 aromatic heterocycles. The third kappa shape index (κ3) is 21.3. The molecule has 0 saturated carbocycles. The lowest BCUT2D eigenvalue weighted by Gasteiger charge is -2.17. The number of amides is 3. The first-order chi connectivity index (χ1) is 47.1. The van der Waals surface area contributed by atoms with E-state index in [4.69, 9.17) is 18.9 Å². The standard InChI is InChI=1S/C25H27BrN2O5.2C25H27BrN2O4S/c1-5-32-25(31)33-20-12-17(8-9-27-24(30)19-7-6-18(26)13-28-19)23(29)22(20)21-15(3)10-14(2)11-16(21)4;1-5-33-25(31)32-20-12-17(8-9-27-24(30)19-7-6-18(26)13-28-19)23(29)22(20)21-15(3)10-14(2)11-16(21)4;1-5-33-25(31)32-23-17(8-9-27-24(30)19-7-6-18(26)13-28-19)12-20(29)22(23)21-15(3)10-14(2)11-16(21)4/h3*6-7,10-11,13,17H,5,8-9,12H2,1-4H3,(H,27,30). The van der Waals surface area contributed by atoms with Gasteiger partial charge >= 0.3 is 16.8 Å². The zero-order valence-corrected chi connectivity index (χ0v) is 63.9. The largest absolute Gasteiger partial charge is 0.513 e. The summed E-state index contributed by atoms with van der Waals surface area (Å²) in [7, 11) is 0. The number of Topliss-reactive ketones (excluding diaryl/α,β-unsaturated/α-hetero) is 3. The SMILES string of the molecule is CCOC(=O)OC1=C(c2c(C)cc(C)cc2C)C(=O)C(CCNC(=O)c2ccc(Br)cn2)C1.CCSC(=O)OC1=C(c2c(C)cc(C)cc2C)C(=O)C(CCNC(=O)c2ccc(Br)cn2)C1.CCSC(=O)OC1=C(c2c(C)cc(C)cc2C)C(=O)CC1CCNC(=O)c1ccc(Br)cn1. The van der Waals surface area contributed by atoms with Crippen LogP contribution in [0.1, 0.15) is 158 Å². The van der Waals surface area contributed by atoms with E-state index in [1.807, 2.05) is 113 Å². The Morgan fingerprint density at radius 2 is 0.788 bits per heavy atom. The topological polar surface area (TPSA) is 265 Å². The number of benzene rings is 3. The summed E-state index contributed by atoms with van der Waals surface area (Å²) in [6.07, 6.45) is 6.03. The highest BCUT2D eigenvalue weighted by molar-refractivity contribution is 9.11. The van der Waals surface area contributed by atoms with E-state index in [9.17, 15) is 43.2 Å². The molecule has 3 aromatic carbocycles. The second kappa shape index (κ2) is 37.0. The number of pyridine rings is 3. The van der Waals surface area contributed by atoms with Crippen LogP contribution in [0.15, 0.2) is 122 Å². The van der Waals surface area contributed by atoms with Gasteiger partial charge in [-0.05, 0) is 246 Å². The minimum atomic E-state index is -0.824. The predicted molar refractivity (Wildman–Crippen MR) is 396 cm³/mol. The molecule has 0 fully saturated rings. The maximum atomic E-state index is 13.4. The molecular weight excluding hydrogens is 1500 g/mol. The average molecular weight is 1580 g/mol. The fourth-order valence-electron chi connectivity index (χ4n) is 12.4.